The predicted molar refractivity (Wildman–Crippen MR) is 48.0 cm³/mol. The minimum Gasteiger partial charge on any atom is -0.445 e. The first-order valence-corrected chi connectivity index (χ1v) is 4.28. The van der Waals surface area contributed by atoms with Crippen molar-refractivity contribution >= 4 is 12.6 Å². The van der Waals surface area contributed by atoms with E-state index in [1.54, 1.807) is 0 Å². The molecule has 0 spiro atoms. The normalized spacial score (nSPS) is 13.5. The molecule has 0 radical (unpaired) electrons. The lowest BCUT2D eigenvalue weighted by atomic mass is 10.3. The zero-order valence-corrected chi connectivity index (χ0v) is 7.98. The van der Waals surface area contributed by atoms with Crippen molar-refractivity contribution in [3.63, 3.8) is 0 Å². The van der Waals surface area contributed by atoms with Crippen LogP contribution in [0.2, 0.25) is 0 Å². The highest BCUT2D eigenvalue weighted by molar-refractivity contribution is 7.80. The molecule has 0 fully saturated rings. The Morgan fingerprint density at radius 1 is 1.55 bits per heavy atom. The molecule has 11 heavy (non-hydrogen) atoms. The summed E-state index contributed by atoms with van der Waals surface area (Å²) < 4.78 is 5.38. The Balaban J connectivity index is 2.88. The number of hydrogen-bond donors (Lipinski definition) is 1. The van der Waals surface area contributed by atoms with Gasteiger partial charge in [-0.2, -0.15) is 12.6 Å². The second kappa shape index (κ2) is 3.30. The van der Waals surface area contributed by atoms with Crippen LogP contribution in [0.1, 0.15) is 35.9 Å². The standard InChI is InChI=1S/C8H13NOS/c1-4-7(11)8-9-5(2)6(3)10-8/h7,11H,4H2,1-3H3. The van der Waals surface area contributed by atoms with E-state index in [9.17, 15) is 0 Å². The second-order valence-corrected chi connectivity index (χ2v) is 3.24. The molecule has 0 aliphatic heterocycles. The molecule has 1 rings (SSSR count). The van der Waals surface area contributed by atoms with Crippen molar-refractivity contribution in [2.75, 3.05) is 0 Å². The van der Waals surface area contributed by atoms with Gasteiger partial charge in [-0.25, -0.2) is 4.98 Å². The van der Waals surface area contributed by atoms with Gasteiger partial charge in [-0.3, -0.25) is 0 Å². The van der Waals surface area contributed by atoms with Gasteiger partial charge in [0.05, 0.1) is 10.9 Å². The molecule has 0 bridgehead atoms. The lowest BCUT2D eigenvalue weighted by Crippen LogP contribution is -1.87. The van der Waals surface area contributed by atoms with Gasteiger partial charge in [0.2, 0.25) is 5.89 Å². The highest BCUT2D eigenvalue weighted by Gasteiger charge is 2.11. The van der Waals surface area contributed by atoms with Gasteiger partial charge < -0.3 is 4.42 Å². The Morgan fingerprint density at radius 3 is 2.55 bits per heavy atom. The van der Waals surface area contributed by atoms with Gasteiger partial charge in [0.1, 0.15) is 5.76 Å². The molecule has 0 saturated heterocycles. The Labute approximate surface area is 72.4 Å². The van der Waals surface area contributed by atoms with Gasteiger partial charge in [0, 0.05) is 0 Å². The lowest BCUT2D eigenvalue weighted by molar-refractivity contribution is 0.465. The third-order valence-corrected chi connectivity index (χ3v) is 2.30. The first-order chi connectivity index (χ1) is 5.15. The molecule has 0 aliphatic carbocycles. The third-order valence-electron chi connectivity index (χ3n) is 1.72. The Hall–Kier alpha value is -0.440. The molecule has 2 nitrogen and oxygen atoms in total. The van der Waals surface area contributed by atoms with Crippen molar-refractivity contribution in [2.24, 2.45) is 0 Å². The van der Waals surface area contributed by atoms with Gasteiger partial charge in [-0.05, 0) is 20.3 Å². The molecular formula is C8H13NOS. The van der Waals surface area contributed by atoms with Gasteiger partial charge in [-0.15, -0.1) is 0 Å². The average molecular weight is 171 g/mol. The zero-order valence-electron chi connectivity index (χ0n) is 7.09. The lowest BCUT2D eigenvalue weighted by Gasteiger charge is -1.99. The number of thiol groups is 1. The Bertz CT molecular complexity index is 225. The van der Waals surface area contributed by atoms with Crippen LogP contribution in [0.5, 0.6) is 0 Å². The smallest absolute Gasteiger partial charge is 0.207 e. The van der Waals surface area contributed by atoms with Crippen LogP contribution in [-0.2, 0) is 0 Å². The molecule has 62 valence electrons. The zero-order chi connectivity index (χ0) is 8.43. The molecule has 1 atom stereocenters. The number of aryl methyl sites for hydroxylation is 2. The fourth-order valence-electron chi connectivity index (χ4n) is 0.815. The third kappa shape index (κ3) is 1.77. The fraction of sp³-hybridized carbons (Fsp3) is 0.625. The van der Waals surface area contributed by atoms with Crippen molar-refractivity contribution in [1.29, 1.82) is 0 Å². The summed E-state index contributed by atoms with van der Waals surface area (Å²) in [4.78, 5) is 4.24. The molecule has 0 N–H and O–H groups in total. The number of oxazole rings is 1. The first-order valence-electron chi connectivity index (χ1n) is 3.77. The van der Waals surface area contributed by atoms with Gasteiger partial charge in [0.25, 0.3) is 0 Å². The maximum atomic E-state index is 5.38. The summed E-state index contributed by atoms with van der Waals surface area (Å²) in [7, 11) is 0. The summed E-state index contributed by atoms with van der Waals surface area (Å²) in [6, 6.07) is 0. The van der Waals surface area contributed by atoms with Crippen LogP contribution in [0.25, 0.3) is 0 Å². The highest BCUT2D eigenvalue weighted by atomic mass is 32.1. The largest absolute Gasteiger partial charge is 0.445 e. The van der Waals surface area contributed by atoms with Crippen LogP contribution in [-0.4, -0.2) is 4.98 Å². The Morgan fingerprint density at radius 2 is 2.18 bits per heavy atom. The van der Waals surface area contributed by atoms with Crippen molar-refractivity contribution in [3.8, 4) is 0 Å². The monoisotopic (exact) mass is 171 g/mol. The van der Waals surface area contributed by atoms with Crippen LogP contribution in [0.4, 0.5) is 0 Å². The van der Waals surface area contributed by atoms with Crippen molar-refractivity contribution in [1.82, 2.24) is 4.98 Å². The molecule has 1 aromatic rings. The molecule has 0 saturated carbocycles. The van der Waals surface area contributed by atoms with Crippen molar-refractivity contribution in [2.45, 2.75) is 32.4 Å². The van der Waals surface area contributed by atoms with E-state index < -0.39 is 0 Å². The van der Waals surface area contributed by atoms with Crippen LogP contribution in [0.15, 0.2) is 4.42 Å². The fourth-order valence-corrected chi connectivity index (χ4v) is 0.925. The molecule has 0 amide bonds. The van der Waals surface area contributed by atoms with E-state index in [2.05, 4.69) is 24.5 Å². The average Bonchev–Trinajstić information content (AvgIpc) is 2.31. The first kappa shape index (κ1) is 8.65. The second-order valence-electron chi connectivity index (χ2n) is 2.62. The molecular weight excluding hydrogens is 158 g/mol. The number of aromatic nitrogens is 1. The van der Waals surface area contributed by atoms with E-state index >= 15 is 0 Å². The van der Waals surface area contributed by atoms with Crippen LogP contribution >= 0.6 is 12.6 Å². The summed E-state index contributed by atoms with van der Waals surface area (Å²) >= 11 is 4.32. The molecule has 1 unspecified atom stereocenters. The summed E-state index contributed by atoms with van der Waals surface area (Å²) in [5.74, 6) is 1.64. The highest BCUT2D eigenvalue weighted by Crippen LogP contribution is 2.23. The number of hydrogen-bond acceptors (Lipinski definition) is 3. The maximum absolute atomic E-state index is 5.38. The molecule has 1 aromatic heterocycles. The number of rotatable bonds is 2. The van der Waals surface area contributed by atoms with Crippen LogP contribution < -0.4 is 0 Å². The molecule has 3 heteroatoms. The van der Waals surface area contributed by atoms with Crippen LogP contribution in [0.3, 0.4) is 0 Å². The minimum atomic E-state index is 0.141. The van der Waals surface area contributed by atoms with Crippen molar-refractivity contribution in [3.05, 3.63) is 17.3 Å². The number of nitrogens with zero attached hydrogens (tertiary/aromatic N) is 1. The summed E-state index contributed by atoms with van der Waals surface area (Å²) in [5, 5.41) is 0.141. The maximum Gasteiger partial charge on any atom is 0.207 e. The molecule has 1 heterocycles. The van der Waals surface area contributed by atoms with E-state index in [-0.39, 0.29) is 5.25 Å². The predicted octanol–water partition coefficient (Wildman–Crippen LogP) is 2.67. The van der Waals surface area contributed by atoms with E-state index in [1.807, 2.05) is 13.8 Å². The summed E-state index contributed by atoms with van der Waals surface area (Å²) in [6.45, 7) is 5.92. The SMILES string of the molecule is CCC(S)c1nc(C)c(C)o1. The van der Waals surface area contributed by atoms with E-state index in [0.29, 0.717) is 0 Å². The van der Waals surface area contributed by atoms with Gasteiger partial charge in [0.15, 0.2) is 0 Å². The minimum absolute atomic E-state index is 0.141. The topological polar surface area (TPSA) is 26.0 Å². The van der Waals surface area contributed by atoms with Crippen molar-refractivity contribution < 1.29 is 4.42 Å². The Kier molecular flexibility index (Phi) is 2.60. The van der Waals surface area contributed by atoms with E-state index in [4.69, 9.17) is 4.42 Å². The van der Waals surface area contributed by atoms with Gasteiger partial charge >= 0.3 is 0 Å². The molecule has 0 aliphatic rings. The van der Waals surface area contributed by atoms with Gasteiger partial charge in [-0.1, -0.05) is 6.92 Å². The van der Waals surface area contributed by atoms with E-state index in [1.165, 1.54) is 0 Å². The van der Waals surface area contributed by atoms with Crippen LogP contribution in [0, 0.1) is 13.8 Å². The van der Waals surface area contributed by atoms with E-state index in [0.717, 1.165) is 23.8 Å². The summed E-state index contributed by atoms with van der Waals surface area (Å²) in [5.41, 5.74) is 0.965. The summed E-state index contributed by atoms with van der Waals surface area (Å²) in [6.07, 6.45) is 0.947. The quantitative estimate of drug-likeness (QED) is 0.692. The molecule has 0 aromatic carbocycles.